The Bertz CT molecular complexity index is 911. The van der Waals surface area contributed by atoms with E-state index in [0.717, 1.165) is 0 Å². The quantitative estimate of drug-likeness (QED) is 0.819. The van der Waals surface area contributed by atoms with Crippen LogP contribution in [0.1, 0.15) is 19.3 Å². The third-order valence-electron chi connectivity index (χ3n) is 4.51. The molecule has 0 bridgehead atoms. The molecular weight excluding hydrogens is 362 g/mol. The summed E-state index contributed by atoms with van der Waals surface area (Å²) < 4.78 is 33.8. The van der Waals surface area contributed by atoms with Gasteiger partial charge in [-0.15, -0.1) is 0 Å². The van der Waals surface area contributed by atoms with Crippen LogP contribution in [0, 0.1) is 0 Å². The van der Waals surface area contributed by atoms with Gasteiger partial charge in [-0.3, -0.25) is 9.59 Å². The summed E-state index contributed by atoms with van der Waals surface area (Å²) >= 11 is 0. The maximum atomic E-state index is 12.5. The molecule has 26 heavy (non-hydrogen) atoms. The molecule has 1 aromatic rings. The summed E-state index contributed by atoms with van der Waals surface area (Å²) in [4.78, 5) is 24.6. The van der Waals surface area contributed by atoms with E-state index in [1.165, 1.54) is 5.01 Å². The van der Waals surface area contributed by atoms with Gasteiger partial charge >= 0.3 is 0 Å². The number of anilines is 1. The van der Waals surface area contributed by atoms with Crippen molar-refractivity contribution in [1.29, 1.82) is 0 Å². The van der Waals surface area contributed by atoms with Crippen molar-refractivity contribution in [2.75, 3.05) is 23.6 Å². The van der Waals surface area contributed by atoms with Crippen LogP contribution in [0.4, 0.5) is 5.69 Å². The first-order valence-electron chi connectivity index (χ1n) is 8.22. The fraction of sp³-hybridized carbons (Fsp3) is 0.438. The van der Waals surface area contributed by atoms with E-state index in [9.17, 15) is 18.0 Å². The number of nitrogens with one attached hydrogen (secondary N) is 1. The largest absolute Gasteiger partial charge is 0.454 e. The minimum absolute atomic E-state index is 0.0374. The summed E-state index contributed by atoms with van der Waals surface area (Å²) in [5.41, 5.74) is 0.723. The Morgan fingerprint density at radius 3 is 2.81 bits per heavy atom. The van der Waals surface area contributed by atoms with Crippen molar-refractivity contribution in [2.45, 2.75) is 25.3 Å². The maximum absolute atomic E-state index is 12.5. The number of carbonyl (C=O) groups is 2. The van der Waals surface area contributed by atoms with Crippen LogP contribution in [0.3, 0.4) is 0 Å². The zero-order valence-electron chi connectivity index (χ0n) is 13.8. The fourth-order valence-electron chi connectivity index (χ4n) is 3.17. The van der Waals surface area contributed by atoms with Gasteiger partial charge in [0.25, 0.3) is 5.91 Å². The van der Waals surface area contributed by atoms with Gasteiger partial charge in [-0.1, -0.05) is 0 Å². The van der Waals surface area contributed by atoms with Gasteiger partial charge in [-0.25, -0.2) is 13.4 Å². The molecule has 1 fully saturated rings. The van der Waals surface area contributed by atoms with Crippen LogP contribution >= 0.6 is 0 Å². The average molecular weight is 379 g/mol. The molecule has 0 unspecified atom stereocenters. The lowest BCUT2D eigenvalue weighted by Gasteiger charge is -2.27. The Labute approximate surface area is 149 Å². The molecule has 0 saturated carbocycles. The van der Waals surface area contributed by atoms with Crippen molar-refractivity contribution in [3.63, 3.8) is 0 Å². The van der Waals surface area contributed by atoms with Crippen molar-refractivity contribution in [2.24, 2.45) is 5.10 Å². The number of fused-ring (bicyclic) bond motifs is 1. The van der Waals surface area contributed by atoms with Crippen LogP contribution in [0.25, 0.3) is 0 Å². The van der Waals surface area contributed by atoms with Gasteiger partial charge < -0.3 is 14.8 Å². The van der Waals surface area contributed by atoms with Gasteiger partial charge in [0.15, 0.2) is 21.3 Å². The molecule has 9 nitrogen and oxygen atoms in total. The highest BCUT2D eigenvalue weighted by molar-refractivity contribution is 7.91. The Balaban J connectivity index is 1.50. The fourth-order valence-corrected chi connectivity index (χ4v) is 4.86. The number of carbonyl (C=O) groups excluding carboxylic acids is 2. The van der Waals surface area contributed by atoms with Gasteiger partial charge in [0, 0.05) is 24.6 Å². The molecule has 1 aromatic carbocycles. The summed E-state index contributed by atoms with van der Waals surface area (Å²) in [5.74, 6) is 0.391. The van der Waals surface area contributed by atoms with E-state index >= 15 is 0 Å². The van der Waals surface area contributed by atoms with Crippen LogP contribution in [-0.4, -0.2) is 55.3 Å². The SMILES string of the molecule is O=C(Nc1ccc2c(c1)OCO2)C1=NN([C@@H]2CCS(=O)(=O)C2)C(=O)CC1. The summed E-state index contributed by atoms with van der Waals surface area (Å²) in [5, 5.41) is 8.04. The van der Waals surface area contributed by atoms with E-state index in [1.54, 1.807) is 18.2 Å². The molecule has 3 aliphatic rings. The van der Waals surface area contributed by atoms with Gasteiger partial charge in [0.1, 0.15) is 5.71 Å². The molecule has 0 aromatic heterocycles. The van der Waals surface area contributed by atoms with Crippen LogP contribution in [-0.2, 0) is 19.4 Å². The van der Waals surface area contributed by atoms with E-state index in [0.29, 0.717) is 23.6 Å². The lowest BCUT2D eigenvalue weighted by Crippen LogP contribution is -2.42. The third-order valence-corrected chi connectivity index (χ3v) is 6.26. The first-order chi connectivity index (χ1) is 12.4. The second-order valence-electron chi connectivity index (χ2n) is 6.36. The number of sulfone groups is 1. The van der Waals surface area contributed by atoms with Crippen LogP contribution < -0.4 is 14.8 Å². The minimum Gasteiger partial charge on any atom is -0.454 e. The Morgan fingerprint density at radius 2 is 2.04 bits per heavy atom. The van der Waals surface area contributed by atoms with E-state index in [-0.39, 0.29) is 42.8 Å². The van der Waals surface area contributed by atoms with E-state index < -0.39 is 21.8 Å². The molecule has 0 aliphatic carbocycles. The maximum Gasteiger partial charge on any atom is 0.271 e. The molecule has 2 amide bonds. The third kappa shape index (κ3) is 3.24. The molecule has 1 atom stereocenters. The number of ether oxygens (including phenoxy) is 2. The average Bonchev–Trinajstić information content (AvgIpc) is 3.20. The van der Waals surface area contributed by atoms with E-state index in [2.05, 4.69) is 10.4 Å². The Hall–Kier alpha value is -2.62. The molecule has 3 aliphatic heterocycles. The molecular formula is C16H17N3O6S. The van der Waals surface area contributed by atoms with Gasteiger partial charge in [0.2, 0.25) is 12.7 Å². The molecule has 1 N–H and O–H groups in total. The Kier molecular flexibility index (Phi) is 4.06. The number of hydrazone groups is 1. The lowest BCUT2D eigenvalue weighted by atomic mass is 10.1. The summed E-state index contributed by atoms with van der Waals surface area (Å²) in [6.07, 6.45) is 0.684. The van der Waals surface area contributed by atoms with E-state index in [4.69, 9.17) is 9.47 Å². The number of nitrogens with zero attached hydrogens (tertiary/aromatic N) is 2. The topological polar surface area (TPSA) is 114 Å². The number of rotatable bonds is 3. The Morgan fingerprint density at radius 1 is 1.23 bits per heavy atom. The number of hydrogen-bond acceptors (Lipinski definition) is 7. The normalized spacial score (nSPS) is 23.7. The van der Waals surface area contributed by atoms with Crippen LogP contribution in [0.5, 0.6) is 11.5 Å². The second kappa shape index (κ2) is 6.27. The predicted molar refractivity (Wildman–Crippen MR) is 91.8 cm³/mol. The van der Waals surface area contributed by atoms with Gasteiger partial charge in [0.05, 0.1) is 17.5 Å². The smallest absolute Gasteiger partial charge is 0.271 e. The van der Waals surface area contributed by atoms with Crippen LogP contribution in [0.15, 0.2) is 23.3 Å². The lowest BCUT2D eigenvalue weighted by molar-refractivity contribution is -0.133. The first-order valence-corrected chi connectivity index (χ1v) is 10.0. The van der Waals surface area contributed by atoms with Gasteiger partial charge in [-0.2, -0.15) is 5.10 Å². The van der Waals surface area contributed by atoms with Crippen molar-refractivity contribution < 1.29 is 27.5 Å². The highest BCUT2D eigenvalue weighted by atomic mass is 32.2. The highest BCUT2D eigenvalue weighted by Crippen LogP contribution is 2.34. The van der Waals surface area contributed by atoms with Gasteiger partial charge in [-0.05, 0) is 18.6 Å². The highest BCUT2D eigenvalue weighted by Gasteiger charge is 2.37. The minimum atomic E-state index is -3.15. The number of amides is 2. The standard InChI is InChI=1S/C16H17N3O6S/c20-15-4-2-12(18-19(15)11-5-6-26(22,23)8-11)16(21)17-10-1-3-13-14(7-10)25-9-24-13/h1,3,7,11H,2,4-6,8-9H2,(H,17,21)/t11-/m1/s1. The van der Waals surface area contributed by atoms with Crippen molar-refractivity contribution >= 4 is 33.1 Å². The molecule has 10 heteroatoms. The zero-order valence-corrected chi connectivity index (χ0v) is 14.6. The van der Waals surface area contributed by atoms with E-state index in [1.807, 2.05) is 0 Å². The molecule has 0 radical (unpaired) electrons. The van der Waals surface area contributed by atoms with Crippen molar-refractivity contribution in [3.8, 4) is 11.5 Å². The second-order valence-corrected chi connectivity index (χ2v) is 8.59. The predicted octanol–water partition coefficient (Wildman–Crippen LogP) is 0.519. The molecule has 0 spiro atoms. The summed E-state index contributed by atoms with van der Waals surface area (Å²) in [7, 11) is -3.15. The summed E-state index contributed by atoms with van der Waals surface area (Å²) in [6, 6.07) is 4.53. The first kappa shape index (κ1) is 16.8. The number of hydrogen-bond donors (Lipinski definition) is 1. The van der Waals surface area contributed by atoms with Crippen molar-refractivity contribution in [1.82, 2.24) is 5.01 Å². The van der Waals surface area contributed by atoms with Crippen molar-refractivity contribution in [3.05, 3.63) is 18.2 Å². The number of benzene rings is 1. The molecule has 3 heterocycles. The summed E-state index contributed by atoms with van der Waals surface area (Å²) in [6.45, 7) is 0.140. The monoisotopic (exact) mass is 379 g/mol. The van der Waals surface area contributed by atoms with Crippen LogP contribution in [0.2, 0.25) is 0 Å². The zero-order chi connectivity index (χ0) is 18.3. The molecule has 1 saturated heterocycles. The molecule has 138 valence electrons. The molecule has 4 rings (SSSR count).